The molecule has 0 radical (unpaired) electrons. The predicted octanol–water partition coefficient (Wildman–Crippen LogP) is 1.40. The van der Waals surface area contributed by atoms with Crippen molar-refractivity contribution >= 4 is 11.9 Å². The van der Waals surface area contributed by atoms with E-state index in [9.17, 15) is 4.79 Å². The van der Waals surface area contributed by atoms with Crippen LogP contribution in [0.3, 0.4) is 0 Å². The summed E-state index contributed by atoms with van der Waals surface area (Å²) in [7, 11) is 0. The van der Waals surface area contributed by atoms with Crippen LogP contribution in [0.15, 0.2) is 4.99 Å². The summed E-state index contributed by atoms with van der Waals surface area (Å²) in [6.07, 6.45) is 9.68. The van der Waals surface area contributed by atoms with E-state index < -0.39 is 0 Å². The molecule has 28 heavy (non-hydrogen) atoms. The number of likely N-dealkylation sites (tertiary alicyclic amines) is 2. The van der Waals surface area contributed by atoms with Gasteiger partial charge in [0.25, 0.3) is 0 Å². The highest BCUT2D eigenvalue weighted by Crippen LogP contribution is 2.16. The molecule has 0 saturated carbocycles. The second-order valence-electron chi connectivity index (χ2n) is 8.19. The molecule has 2 fully saturated rings. The van der Waals surface area contributed by atoms with Gasteiger partial charge in [-0.3, -0.25) is 9.79 Å². The highest BCUT2D eigenvalue weighted by atomic mass is 16.1. The van der Waals surface area contributed by atoms with Crippen LogP contribution >= 0.6 is 0 Å². The molecule has 0 aromatic rings. The maximum Gasteiger partial charge on any atom is 0.221 e. The lowest BCUT2D eigenvalue weighted by atomic mass is 9.97. The van der Waals surface area contributed by atoms with E-state index in [-0.39, 0.29) is 11.8 Å². The lowest BCUT2D eigenvalue weighted by Crippen LogP contribution is -2.41. The number of hydrogen-bond donors (Lipinski definition) is 3. The number of primary amides is 1. The summed E-state index contributed by atoms with van der Waals surface area (Å²) in [4.78, 5) is 21.1. The zero-order chi connectivity index (χ0) is 20.0. The second kappa shape index (κ2) is 13.8. The van der Waals surface area contributed by atoms with Crippen molar-refractivity contribution in [1.82, 2.24) is 20.4 Å². The molecule has 0 aliphatic carbocycles. The number of carbonyl (C=O) groups excluding carboxylic acids is 1. The van der Waals surface area contributed by atoms with Crippen LogP contribution in [-0.4, -0.2) is 80.6 Å². The third-order valence-electron chi connectivity index (χ3n) is 5.80. The van der Waals surface area contributed by atoms with Crippen LogP contribution < -0.4 is 16.4 Å². The molecule has 0 aromatic heterocycles. The first-order valence-electron chi connectivity index (χ1n) is 11.4. The van der Waals surface area contributed by atoms with Crippen LogP contribution in [0.2, 0.25) is 0 Å². The molecular weight excluding hydrogens is 352 g/mol. The van der Waals surface area contributed by atoms with E-state index in [1.54, 1.807) is 0 Å². The lowest BCUT2D eigenvalue weighted by molar-refractivity contribution is -0.123. The maximum absolute atomic E-state index is 11.4. The van der Waals surface area contributed by atoms with Gasteiger partial charge in [-0.1, -0.05) is 12.8 Å². The Morgan fingerprint density at radius 2 is 1.71 bits per heavy atom. The summed E-state index contributed by atoms with van der Waals surface area (Å²) in [6, 6.07) is 0. The Hall–Kier alpha value is -1.34. The summed E-state index contributed by atoms with van der Waals surface area (Å²) in [5.41, 5.74) is 5.46. The molecule has 4 N–H and O–H groups in total. The largest absolute Gasteiger partial charge is 0.369 e. The van der Waals surface area contributed by atoms with E-state index in [2.05, 4.69) is 27.4 Å². The zero-order valence-electron chi connectivity index (χ0n) is 17.9. The van der Waals surface area contributed by atoms with Gasteiger partial charge in [0, 0.05) is 26.2 Å². The van der Waals surface area contributed by atoms with Crippen LogP contribution in [0.5, 0.6) is 0 Å². The van der Waals surface area contributed by atoms with E-state index in [4.69, 9.17) is 10.7 Å². The molecule has 7 heteroatoms. The quantitative estimate of drug-likeness (QED) is 0.296. The summed E-state index contributed by atoms with van der Waals surface area (Å²) in [6.45, 7) is 11.3. The molecule has 2 heterocycles. The molecule has 1 atom stereocenters. The Morgan fingerprint density at radius 3 is 2.43 bits per heavy atom. The molecule has 1 unspecified atom stereocenters. The van der Waals surface area contributed by atoms with Gasteiger partial charge in [-0.25, -0.2) is 0 Å². The summed E-state index contributed by atoms with van der Waals surface area (Å²) < 4.78 is 0. The molecule has 7 nitrogen and oxygen atoms in total. The van der Waals surface area contributed by atoms with Gasteiger partial charge in [0.2, 0.25) is 5.91 Å². The van der Waals surface area contributed by atoms with Crippen LogP contribution in [0.25, 0.3) is 0 Å². The minimum Gasteiger partial charge on any atom is -0.369 e. The van der Waals surface area contributed by atoms with E-state index in [0.29, 0.717) is 0 Å². The highest BCUT2D eigenvalue weighted by Gasteiger charge is 2.23. The Balaban J connectivity index is 1.60. The van der Waals surface area contributed by atoms with E-state index in [0.717, 1.165) is 70.9 Å². The number of piperidine rings is 1. The molecule has 2 aliphatic heterocycles. The fourth-order valence-corrected chi connectivity index (χ4v) is 4.19. The van der Waals surface area contributed by atoms with Gasteiger partial charge in [0.1, 0.15) is 0 Å². The first-order chi connectivity index (χ1) is 13.7. The van der Waals surface area contributed by atoms with Gasteiger partial charge in [-0.2, -0.15) is 0 Å². The van der Waals surface area contributed by atoms with E-state index >= 15 is 0 Å². The Bertz CT molecular complexity index is 462. The molecule has 0 spiro atoms. The van der Waals surface area contributed by atoms with Gasteiger partial charge in [0.15, 0.2) is 5.96 Å². The second-order valence-corrected chi connectivity index (χ2v) is 8.19. The average molecular weight is 395 g/mol. The van der Waals surface area contributed by atoms with Crippen molar-refractivity contribution in [1.29, 1.82) is 0 Å². The third kappa shape index (κ3) is 9.24. The van der Waals surface area contributed by atoms with Crippen molar-refractivity contribution in [2.24, 2.45) is 16.6 Å². The minimum absolute atomic E-state index is 0.0282. The van der Waals surface area contributed by atoms with Gasteiger partial charge >= 0.3 is 0 Å². The van der Waals surface area contributed by atoms with Crippen molar-refractivity contribution in [3.8, 4) is 0 Å². The Morgan fingerprint density at radius 1 is 1.00 bits per heavy atom. The summed E-state index contributed by atoms with van der Waals surface area (Å²) in [5, 5.41) is 6.82. The van der Waals surface area contributed by atoms with Crippen LogP contribution in [0, 0.1) is 5.92 Å². The van der Waals surface area contributed by atoms with Gasteiger partial charge in [0.05, 0.1) is 5.92 Å². The van der Waals surface area contributed by atoms with Crippen molar-refractivity contribution < 1.29 is 4.79 Å². The number of aliphatic imine (C=N–C) groups is 1. The average Bonchev–Trinajstić information content (AvgIpc) is 2.97. The number of nitrogens with one attached hydrogen (secondary N) is 2. The Labute approximate surface area is 171 Å². The molecule has 2 saturated heterocycles. The fourth-order valence-electron chi connectivity index (χ4n) is 4.19. The molecule has 0 aromatic carbocycles. The zero-order valence-corrected chi connectivity index (χ0v) is 17.9. The predicted molar refractivity (Wildman–Crippen MR) is 116 cm³/mol. The van der Waals surface area contributed by atoms with Crippen molar-refractivity contribution in [2.75, 3.05) is 58.9 Å². The number of nitrogens with zero attached hydrogens (tertiary/aromatic N) is 3. The molecule has 162 valence electrons. The molecule has 2 rings (SSSR count). The number of rotatable bonds is 10. The molecule has 2 aliphatic rings. The SMILES string of the molecule is CCNC(=NCCCN1CCCC(C(N)=O)C1)NCCCN1CCCCCC1. The number of hydrogen-bond acceptors (Lipinski definition) is 4. The number of carbonyl (C=O) groups is 1. The standard InChI is InChI=1S/C21H42N6O/c1-2-23-21(24-11-8-16-26-13-5-3-4-6-14-26)25-12-9-17-27-15-7-10-19(18-27)20(22)28/h19H,2-18H2,1H3,(H2,22,28)(H2,23,24,25). The normalized spacial score (nSPS) is 22.6. The van der Waals surface area contributed by atoms with Gasteiger partial charge in [-0.05, 0) is 78.2 Å². The molecule has 0 bridgehead atoms. The topological polar surface area (TPSA) is 86.0 Å². The fraction of sp³-hybridized carbons (Fsp3) is 0.905. The maximum atomic E-state index is 11.4. The minimum atomic E-state index is -0.151. The molecule has 1 amide bonds. The Kier molecular flexibility index (Phi) is 11.3. The summed E-state index contributed by atoms with van der Waals surface area (Å²) >= 11 is 0. The lowest BCUT2D eigenvalue weighted by Gasteiger charge is -2.30. The third-order valence-corrected chi connectivity index (χ3v) is 5.80. The number of guanidine groups is 1. The van der Waals surface area contributed by atoms with Gasteiger partial charge in [-0.15, -0.1) is 0 Å². The van der Waals surface area contributed by atoms with Crippen molar-refractivity contribution in [3.05, 3.63) is 0 Å². The number of amides is 1. The van der Waals surface area contributed by atoms with E-state index in [1.807, 2.05) is 0 Å². The first-order valence-corrected chi connectivity index (χ1v) is 11.4. The monoisotopic (exact) mass is 394 g/mol. The highest BCUT2D eigenvalue weighted by molar-refractivity contribution is 5.79. The van der Waals surface area contributed by atoms with Crippen LogP contribution in [-0.2, 0) is 4.79 Å². The first kappa shape index (κ1) is 22.9. The smallest absolute Gasteiger partial charge is 0.221 e. The van der Waals surface area contributed by atoms with Gasteiger partial charge < -0.3 is 26.2 Å². The van der Waals surface area contributed by atoms with Crippen LogP contribution in [0.1, 0.15) is 58.3 Å². The van der Waals surface area contributed by atoms with Crippen LogP contribution in [0.4, 0.5) is 0 Å². The van der Waals surface area contributed by atoms with Crippen molar-refractivity contribution in [3.63, 3.8) is 0 Å². The van der Waals surface area contributed by atoms with E-state index in [1.165, 1.54) is 45.3 Å². The number of nitrogens with two attached hydrogens (primary N) is 1. The van der Waals surface area contributed by atoms with Crippen molar-refractivity contribution in [2.45, 2.75) is 58.3 Å². The summed E-state index contributed by atoms with van der Waals surface area (Å²) in [5.74, 6) is 0.800. The molecular formula is C21H42N6O.